The van der Waals surface area contributed by atoms with Gasteiger partial charge in [0.1, 0.15) is 5.75 Å². The molecule has 1 amide bonds. The van der Waals surface area contributed by atoms with Crippen LogP contribution in [-0.4, -0.2) is 23.0 Å². The molecule has 1 aromatic heterocycles. The number of rotatable bonds is 3. The summed E-state index contributed by atoms with van der Waals surface area (Å²) in [6.07, 6.45) is 0. The van der Waals surface area contributed by atoms with Crippen LogP contribution in [0.1, 0.15) is 10.4 Å². The molecule has 3 rings (SSSR count). The molecule has 1 heterocycles. The number of anilines is 1. The summed E-state index contributed by atoms with van der Waals surface area (Å²) >= 11 is 0. The first-order chi connectivity index (χ1) is 9.76. The number of imidazole rings is 1. The summed E-state index contributed by atoms with van der Waals surface area (Å²) in [5.41, 5.74) is 2.17. The monoisotopic (exact) mass is 267 g/mol. The number of nitrogens with zero attached hydrogens (tertiary/aromatic N) is 1. The highest BCUT2D eigenvalue weighted by atomic mass is 16.5. The van der Waals surface area contributed by atoms with Crippen molar-refractivity contribution in [2.45, 2.75) is 0 Å². The molecule has 100 valence electrons. The van der Waals surface area contributed by atoms with Gasteiger partial charge in [0, 0.05) is 11.6 Å². The molecule has 0 unspecified atom stereocenters. The Morgan fingerprint density at radius 3 is 2.75 bits per heavy atom. The van der Waals surface area contributed by atoms with Gasteiger partial charge >= 0.3 is 0 Å². The Labute approximate surface area is 115 Å². The second-order valence-corrected chi connectivity index (χ2v) is 4.29. The number of carbonyl (C=O) groups excluding carboxylic acids is 1. The number of aromatic nitrogens is 2. The normalized spacial score (nSPS) is 10.4. The van der Waals surface area contributed by atoms with Crippen molar-refractivity contribution in [3.8, 4) is 5.75 Å². The highest BCUT2D eigenvalue weighted by molar-refractivity contribution is 6.03. The summed E-state index contributed by atoms with van der Waals surface area (Å²) in [5.74, 6) is 0.948. The van der Waals surface area contributed by atoms with Crippen LogP contribution in [0.2, 0.25) is 0 Å². The van der Waals surface area contributed by atoms with Crippen molar-refractivity contribution in [1.29, 1.82) is 0 Å². The second-order valence-electron chi connectivity index (χ2n) is 4.29. The van der Waals surface area contributed by atoms with Gasteiger partial charge < -0.3 is 9.72 Å². The zero-order valence-electron chi connectivity index (χ0n) is 10.9. The minimum Gasteiger partial charge on any atom is -0.497 e. The van der Waals surface area contributed by atoms with Gasteiger partial charge in [0.2, 0.25) is 5.95 Å². The van der Waals surface area contributed by atoms with Crippen molar-refractivity contribution in [2.24, 2.45) is 0 Å². The number of fused-ring (bicyclic) bond motifs is 1. The van der Waals surface area contributed by atoms with Crippen LogP contribution in [0.5, 0.6) is 5.75 Å². The van der Waals surface area contributed by atoms with Gasteiger partial charge in [-0.1, -0.05) is 18.2 Å². The molecule has 20 heavy (non-hydrogen) atoms. The number of benzene rings is 2. The van der Waals surface area contributed by atoms with Crippen LogP contribution in [0.3, 0.4) is 0 Å². The maximum absolute atomic E-state index is 12.0. The van der Waals surface area contributed by atoms with E-state index >= 15 is 0 Å². The van der Waals surface area contributed by atoms with E-state index in [9.17, 15) is 4.79 Å². The largest absolute Gasteiger partial charge is 0.497 e. The third kappa shape index (κ3) is 2.33. The van der Waals surface area contributed by atoms with E-state index in [1.54, 1.807) is 19.2 Å². The topological polar surface area (TPSA) is 67.0 Å². The minimum atomic E-state index is -0.198. The number of amides is 1. The zero-order chi connectivity index (χ0) is 13.9. The van der Waals surface area contributed by atoms with Gasteiger partial charge in [0.15, 0.2) is 0 Å². The predicted molar refractivity (Wildman–Crippen MR) is 77.0 cm³/mol. The third-order valence-electron chi connectivity index (χ3n) is 2.96. The number of aromatic amines is 1. The van der Waals surface area contributed by atoms with E-state index in [0.29, 0.717) is 11.5 Å². The van der Waals surface area contributed by atoms with Gasteiger partial charge in [-0.05, 0) is 24.3 Å². The Bertz CT molecular complexity index is 750. The molecule has 5 heteroatoms. The Kier molecular flexibility index (Phi) is 3.09. The first kappa shape index (κ1) is 12.2. The summed E-state index contributed by atoms with van der Waals surface area (Å²) < 4.78 is 5.14. The first-order valence-electron chi connectivity index (χ1n) is 6.16. The number of hydrogen-bond donors (Lipinski definition) is 2. The van der Waals surface area contributed by atoms with Gasteiger partial charge in [-0.25, -0.2) is 4.98 Å². The zero-order valence-corrected chi connectivity index (χ0v) is 10.9. The van der Waals surface area contributed by atoms with E-state index in [-0.39, 0.29) is 5.91 Å². The molecular weight excluding hydrogens is 254 g/mol. The summed E-state index contributed by atoms with van der Waals surface area (Å²) in [4.78, 5) is 19.4. The van der Waals surface area contributed by atoms with Crippen molar-refractivity contribution in [3.05, 3.63) is 54.1 Å². The standard InChI is InChI=1S/C15H13N3O2/c1-20-11-7-8-12-13(9-11)17-15(16-12)18-14(19)10-5-3-2-4-6-10/h2-9H,1H3,(H2,16,17,18,19). The average Bonchev–Trinajstić information content (AvgIpc) is 2.89. The van der Waals surface area contributed by atoms with E-state index in [4.69, 9.17) is 4.74 Å². The molecule has 3 aromatic rings. The number of ether oxygens (including phenoxy) is 1. The fourth-order valence-electron chi connectivity index (χ4n) is 1.94. The highest BCUT2D eigenvalue weighted by Crippen LogP contribution is 2.20. The van der Waals surface area contributed by atoms with Crippen molar-refractivity contribution >= 4 is 22.9 Å². The fraction of sp³-hybridized carbons (Fsp3) is 0.0667. The Balaban J connectivity index is 1.86. The summed E-state index contributed by atoms with van der Waals surface area (Å²) in [7, 11) is 1.60. The van der Waals surface area contributed by atoms with E-state index in [1.807, 2.05) is 36.4 Å². The first-order valence-corrected chi connectivity index (χ1v) is 6.16. The van der Waals surface area contributed by atoms with Crippen molar-refractivity contribution in [1.82, 2.24) is 9.97 Å². The highest BCUT2D eigenvalue weighted by Gasteiger charge is 2.09. The number of methoxy groups -OCH3 is 1. The fourth-order valence-corrected chi connectivity index (χ4v) is 1.94. The molecule has 0 saturated heterocycles. The van der Waals surface area contributed by atoms with E-state index in [1.165, 1.54) is 0 Å². The van der Waals surface area contributed by atoms with Gasteiger partial charge in [-0.2, -0.15) is 0 Å². The summed E-state index contributed by atoms with van der Waals surface area (Å²) in [6.45, 7) is 0. The molecule has 0 aliphatic carbocycles. The van der Waals surface area contributed by atoms with Crippen LogP contribution in [0, 0.1) is 0 Å². The van der Waals surface area contributed by atoms with Crippen molar-refractivity contribution < 1.29 is 9.53 Å². The molecule has 0 aliphatic rings. The molecular formula is C15H13N3O2. The van der Waals surface area contributed by atoms with Crippen molar-refractivity contribution in [3.63, 3.8) is 0 Å². The molecule has 0 aliphatic heterocycles. The lowest BCUT2D eigenvalue weighted by Crippen LogP contribution is -2.12. The lowest BCUT2D eigenvalue weighted by molar-refractivity contribution is 0.102. The molecule has 2 aromatic carbocycles. The third-order valence-corrected chi connectivity index (χ3v) is 2.96. The van der Waals surface area contributed by atoms with E-state index < -0.39 is 0 Å². The number of nitrogens with one attached hydrogen (secondary N) is 2. The Morgan fingerprint density at radius 2 is 2.00 bits per heavy atom. The molecule has 0 fully saturated rings. The SMILES string of the molecule is COc1ccc2[nH]c(NC(=O)c3ccccc3)nc2c1. The van der Waals surface area contributed by atoms with Crippen LogP contribution in [0.15, 0.2) is 48.5 Å². The molecule has 0 spiro atoms. The van der Waals surface area contributed by atoms with Gasteiger partial charge in [0.25, 0.3) is 5.91 Å². The summed E-state index contributed by atoms with van der Waals surface area (Å²) in [5, 5.41) is 2.74. The van der Waals surface area contributed by atoms with Gasteiger partial charge in [-0.15, -0.1) is 0 Å². The lowest BCUT2D eigenvalue weighted by atomic mass is 10.2. The van der Waals surface area contributed by atoms with Crippen LogP contribution in [0.4, 0.5) is 5.95 Å². The van der Waals surface area contributed by atoms with Crippen LogP contribution < -0.4 is 10.1 Å². The lowest BCUT2D eigenvalue weighted by Gasteiger charge is -2.00. The van der Waals surface area contributed by atoms with Crippen LogP contribution >= 0.6 is 0 Å². The maximum Gasteiger partial charge on any atom is 0.257 e. The smallest absolute Gasteiger partial charge is 0.257 e. The van der Waals surface area contributed by atoms with E-state index in [0.717, 1.165) is 16.8 Å². The second kappa shape index (κ2) is 5.05. The summed E-state index contributed by atoms with van der Waals surface area (Å²) in [6, 6.07) is 14.5. The van der Waals surface area contributed by atoms with Gasteiger partial charge in [-0.3, -0.25) is 10.1 Å². The molecule has 0 radical (unpaired) electrons. The average molecular weight is 267 g/mol. The van der Waals surface area contributed by atoms with Crippen LogP contribution in [0.25, 0.3) is 11.0 Å². The number of H-pyrrole nitrogens is 1. The van der Waals surface area contributed by atoms with Gasteiger partial charge in [0.05, 0.1) is 18.1 Å². The van der Waals surface area contributed by atoms with Crippen LogP contribution in [-0.2, 0) is 0 Å². The number of hydrogen-bond acceptors (Lipinski definition) is 3. The quantitative estimate of drug-likeness (QED) is 0.766. The Morgan fingerprint density at radius 1 is 1.20 bits per heavy atom. The molecule has 2 N–H and O–H groups in total. The van der Waals surface area contributed by atoms with E-state index in [2.05, 4.69) is 15.3 Å². The maximum atomic E-state index is 12.0. The van der Waals surface area contributed by atoms with Crippen molar-refractivity contribution in [2.75, 3.05) is 12.4 Å². The molecule has 0 bridgehead atoms. The minimum absolute atomic E-state index is 0.198. The molecule has 5 nitrogen and oxygen atoms in total. The molecule has 0 saturated carbocycles. The Hall–Kier alpha value is -2.82. The molecule has 0 atom stereocenters. The number of carbonyl (C=O) groups is 1. The predicted octanol–water partition coefficient (Wildman–Crippen LogP) is 2.82.